The number of nitrogens with zero attached hydrogens (tertiary/aromatic N) is 1. The van der Waals surface area contributed by atoms with Crippen LogP contribution in [0.2, 0.25) is 0 Å². The highest BCUT2D eigenvalue weighted by molar-refractivity contribution is 5.76. The molecule has 3 rings (SSSR count). The SMILES string of the molecule is O=C(CCc1cc(=O)[nH]o1)N1CCC[C@H](Nc2cccc(F)c2)C1. The van der Waals surface area contributed by atoms with E-state index in [9.17, 15) is 14.0 Å². The van der Waals surface area contributed by atoms with Crippen molar-refractivity contribution in [1.82, 2.24) is 10.1 Å². The zero-order valence-electron chi connectivity index (χ0n) is 13.3. The van der Waals surface area contributed by atoms with Crippen LogP contribution >= 0.6 is 0 Å². The fraction of sp³-hybridized carbons (Fsp3) is 0.412. The van der Waals surface area contributed by atoms with Gasteiger partial charge in [-0.15, -0.1) is 0 Å². The van der Waals surface area contributed by atoms with Gasteiger partial charge in [-0.05, 0) is 31.0 Å². The lowest BCUT2D eigenvalue weighted by Gasteiger charge is -2.33. The zero-order chi connectivity index (χ0) is 16.9. The summed E-state index contributed by atoms with van der Waals surface area (Å²) >= 11 is 0. The molecule has 2 N–H and O–H groups in total. The Kier molecular flexibility index (Phi) is 4.98. The van der Waals surface area contributed by atoms with Gasteiger partial charge in [-0.25, -0.2) is 4.39 Å². The number of aromatic nitrogens is 1. The van der Waals surface area contributed by atoms with Crippen molar-refractivity contribution in [1.29, 1.82) is 0 Å². The highest BCUT2D eigenvalue weighted by Gasteiger charge is 2.23. The maximum atomic E-state index is 13.3. The van der Waals surface area contributed by atoms with E-state index in [4.69, 9.17) is 4.52 Å². The topological polar surface area (TPSA) is 78.3 Å². The van der Waals surface area contributed by atoms with E-state index in [-0.39, 0.29) is 23.3 Å². The fourth-order valence-corrected chi connectivity index (χ4v) is 2.97. The number of aryl methyl sites for hydroxylation is 1. The van der Waals surface area contributed by atoms with Crippen LogP contribution in [0.1, 0.15) is 25.0 Å². The summed E-state index contributed by atoms with van der Waals surface area (Å²) in [5.74, 6) is 0.237. The van der Waals surface area contributed by atoms with Gasteiger partial charge in [-0.2, -0.15) is 5.16 Å². The summed E-state index contributed by atoms with van der Waals surface area (Å²) in [6.45, 7) is 1.31. The number of aromatic amines is 1. The number of amides is 1. The standard InChI is InChI=1S/C17H20FN3O3/c18-12-3-1-4-13(9-12)19-14-5-2-8-21(11-14)17(23)7-6-15-10-16(22)20-24-15/h1,3-4,9-10,14,19H,2,5-8,11H2,(H,20,22)/t14-/m0/s1. The Morgan fingerprint density at radius 1 is 1.42 bits per heavy atom. The second-order valence-electron chi connectivity index (χ2n) is 6.01. The van der Waals surface area contributed by atoms with Crippen LogP contribution in [0.15, 0.2) is 39.6 Å². The second-order valence-corrected chi connectivity index (χ2v) is 6.01. The zero-order valence-corrected chi connectivity index (χ0v) is 13.3. The van der Waals surface area contributed by atoms with Crippen molar-refractivity contribution < 1.29 is 13.7 Å². The van der Waals surface area contributed by atoms with E-state index in [1.165, 1.54) is 18.2 Å². The number of anilines is 1. The quantitative estimate of drug-likeness (QED) is 0.879. The predicted molar refractivity (Wildman–Crippen MR) is 87.3 cm³/mol. The lowest BCUT2D eigenvalue weighted by molar-refractivity contribution is -0.132. The Hall–Kier alpha value is -2.57. The summed E-state index contributed by atoms with van der Waals surface area (Å²) in [6.07, 6.45) is 2.54. The normalized spacial score (nSPS) is 17.7. The van der Waals surface area contributed by atoms with Gasteiger partial charge >= 0.3 is 0 Å². The lowest BCUT2D eigenvalue weighted by atomic mass is 10.0. The molecular formula is C17H20FN3O3. The molecule has 0 saturated carbocycles. The average Bonchev–Trinajstić information content (AvgIpc) is 2.98. The van der Waals surface area contributed by atoms with Gasteiger partial charge in [-0.3, -0.25) is 9.59 Å². The third-order valence-electron chi connectivity index (χ3n) is 4.13. The molecule has 0 bridgehead atoms. The molecule has 2 heterocycles. The first-order valence-electron chi connectivity index (χ1n) is 8.07. The molecule has 2 aromatic rings. The third-order valence-corrected chi connectivity index (χ3v) is 4.13. The number of hydrogen-bond donors (Lipinski definition) is 2. The van der Waals surface area contributed by atoms with Crippen molar-refractivity contribution in [2.24, 2.45) is 0 Å². The van der Waals surface area contributed by atoms with Crippen molar-refractivity contribution in [3.05, 3.63) is 52.3 Å². The summed E-state index contributed by atoms with van der Waals surface area (Å²) in [6, 6.07) is 7.80. The number of carbonyl (C=O) groups excluding carboxylic acids is 1. The van der Waals surface area contributed by atoms with E-state index in [0.717, 1.165) is 25.1 Å². The van der Waals surface area contributed by atoms with Crippen LogP contribution in [0.4, 0.5) is 10.1 Å². The summed E-state index contributed by atoms with van der Waals surface area (Å²) in [5.41, 5.74) is 0.429. The molecule has 0 unspecified atom stereocenters. The maximum absolute atomic E-state index is 13.3. The van der Waals surface area contributed by atoms with Gasteiger partial charge in [0.15, 0.2) is 0 Å². The average molecular weight is 333 g/mol. The van der Waals surface area contributed by atoms with E-state index in [0.29, 0.717) is 25.1 Å². The smallest absolute Gasteiger partial charge is 0.280 e. The van der Waals surface area contributed by atoms with E-state index < -0.39 is 0 Å². The van der Waals surface area contributed by atoms with Crippen molar-refractivity contribution in [2.75, 3.05) is 18.4 Å². The molecule has 1 aliphatic heterocycles. The van der Waals surface area contributed by atoms with Crippen LogP contribution in [-0.2, 0) is 11.2 Å². The van der Waals surface area contributed by atoms with Gasteiger partial charge in [0, 0.05) is 43.7 Å². The summed E-state index contributed by atoms with van der Waals surface area (Å²) < 4.78 is 18.2. The van der Waals surface area contributed by atoms with Crippen LogP contribution in [0, 0.1) is 5.82 Å². The number of benzene rings is 1. The van der Waals surface area contributed by atoms with E-state index >= 15 is 0 Å². The number of piperidine rings is 1. The van der Waals surface area contributed by atoms with Gasteiger partial charge in [0.05, 0.1) is 0 Å². The van der Waals surface area contributed by atoms with E-state index in [2.05, 4.69) is 10.5 Å². The molecule has 6 nitrogen and oxygen atoms in total. The molecule has 1 aliphatic rings. The van der Waals surface area contributed by atoms with Crippen molar-refractivity contribution in [2.45, 2.75) is 31.7 Å². The van der Waals surface area contributed by atoms with Gasteiger partial charge in [0.2, 0.25) is 5.91 Å². The molecule has 1 saturated heterocycles. The van der Waals surface area contributed by atoms with Gasteiger partial charge in [0.25, 0.3) is 5.56 Å². The van der Waals surface area contributed by atoms with Crippen molar-refractivity contribution in [3.63, 3.8) is 0 Å². The van der Waals surface area contributed by atoms with Crippen LogP contribution in [0.3, 0.4) is 0 Å². The highest BCUT2D eigenvalue weighted by atomic mass is 19.1. The Bertz CT molecular complexity index is 755. The first kappa shape index (κ1) is 16.3. The molecule has 7 heteroatoms. The predicted octanol–water partition coefficient (Wildman–Crippen LogP) is 2.14. The van der Waals surface area contributed by atoms with Crippen molar-refractivity contribution >= 4 is 11.6 Å². The minimum Gasteiger partial charge on any atom is -0.384 e. The van der Waals surface area contributed by atoms with Crippen molar-refractivity contribution in [3.8, 4) is 0 Å². The molecule has 128 valence electrons. The molecule has 0 radical (unpaired) electrons. The second kappa shape index (κ2) is 7.33. The van der Waals surface area contributed by atoms with Gasteiger partial charge < -0.3 is 14.7 Å². The largest absolute Gasteiger partial charge is 0.384 e. The Morgan fingerprint density at radius 2 is 2.29 bits per heavy atom. The summed E-state index contributed by atoms with van der Waals surface area (Å²) in [5, 5.41) is 5.50. The minimum absolute atomic E-state index is 0.0320. The molecule has 24 heavy (non-hydrogen) atoms. The molecular weight excluding hydrogens is 313 g/mol. The maximum Gasteiger partial charge on any atom is 0.280 e. The Labute approximate surface area is 138 Å². The molecule has 0 aliphatic carbocycles. The number of rotatable bonds is 5. The van der Waals surface area contributed by atoms with Crippen LogP contribution in [0.5, 0.6) is 0 Å². The molecule has 1 atom stereocenters. The first-order valence-corrected chi connectivity index (χ1v) is 8.07. The monoisotopic (exact) mass is 333 g/mol. The number of likely N-dealkylation sites (tertiary alicyclic amines) is 1. The number of nitrogens with one attached hydrogen (secondary N) is 2. The highest BCUT2D eigenvalue weighted by Crippen LogP contribution is 2.18. The van der Waals surface area contributed by atoms with E-state index in [1.54, 1.807) is 6.07 Å². The van der Waals surface area contributed by atoms with Crippen LogP contribution in [0.25, 0.3) is 0 Å². The van der Waals surface area contributed by atoms with E-state index in [1.807, 2.05) is 11.0 Å². The molecule has 0 spiro atoms. The van der Waals surface area contributed by atoms with Gasteiger partial charge in [-0.1, -0.05) is 6.07 Å². The van der Waals surface area contributed by atoms with Gasteiger partial charge in [0.1, 0.15) is 11.6 Å². The summed E-state index contributed by atoms with van der Waals surface area (Å²) in [7, 11) is 0. The third kappa shape index (κ3) is 4.24. The molecule has 1 fully saturated rings. The summed E-state index contributed by atoms with van der Waals surface area (Å²) in [4.78, 5) is 25.1. The molecule has 1 amide bonds. The molecule has 1 aromatic carbocycles. The Balaban J connectivity index is 1.52. The fourth-order valence-electron chi connectivity index (χ4n) is 2.97. The number of hydrogen-bond acceptors (Lipinski definition) is 4. The molecule has 1 aromatic heterocycles. The number of halogens is 1. The Morgan fingerprint density at radius 3 is 3.04 bits per heavy atom. The first-order chi connectivity index (χ1) is 11.6. The van der Waals surface area contributed by atoms with Crippen LogP contribution < -0.4 is 10.9 Å². The number of H-pyrrole nitrogens is 1. The lowest BCUT2D eigenvalue weighted by Crippen LogP contribution is -2.45. The number of carbonyl (C=O) groups is 1. The van der Waals surface area contributed by atoms with Crippen LogP contribution in [-0.4, -0.2) is 35.1 Å². The minimum atomic E-state index is -0.297.